The van der Waals surface area contributed by atoms with E-state index >= 15 is 0 Å². The molecule has 0 aliphatic heterocycles. The Balaban J connectivity index is 0.00000181. The molecule has 0 saturated carbocycles. The zero-order valence-corrected chi connectivity index (χ0v) is 25.7. The molecule has 0 amide bonds. The average Bonchev–Trinajstić information content (AvgIpc) is 3.29. The van der Waals surface area contributed by atoms with Crippen molar-refractivity contribution in [2.45, 2.75) is 73.3 Å². The molecule has 0 bridgehead atoms. The molecule has 2 aliphatic carbocycles. The van der Waals surface area contributed by atoms with Gasteiger partial charge in [0, 0.05) is 0 Å². The maximum absolute atomic E-state index is 3.12. The topological polar surface area (TPSA) is 0 Å². The van der Waals surface area contributed by atoms with Gasteiger partial charge in [-0.1, -0.05) is 0 Å². The molecule has 0 fully saturated rings. The van der Waals surface area contributed by atoms with Gasteiger partial charge in [-0.2, -0.15) is 0 Å². The Morgan fingerprint density at radius 3 is 1.28 bits per heavy atom. The zero-order chi connectivity index (χ0) is 22.0. The first-order valence-electron chi connectivity index (χ1n) is 11.7. The fourth-order valence-corrected chi connectivity index (χ4v) is 19.9. The predicted molar refractivity (Wildman–Crippen MR) is 149 cm³/mol. The van der Waals surface area contributed by atoms with E-state index in [1.807, 2.05) is 0 Å². The number of aryl methyl sites for hydroxylation is 4. The van der Waals surface area contributed by atoms with Crippen LogP contribution in [0.3, 0.4) is 0 Å². The van der Waals surface area contributed by atoms with E-state index in [1.54, 1.807) is 22.3 Å². The minimum absolute atomic E-state index is 0. The van der Waals surface area contributed by atoms with E-state index in [0.29, 0.717) is 8.45 Å². The summed E-state index contributed by atoms with van der Waals surface area (Å²) in [4.78, 5) is 0. The Hall–Kier alpha value is -0.569. The molecule has 2 unspecified atom stereocenters. The molecule has 0 saturated heterocycles. The smallest absolute Gasteiger partial charge is 0.147 e. The number of allylic oxidation sites excluding steroid dienone is 2. The SMILES string of the molecule is CCC1=Cc2c(C)ccc(C)c2[CH]1[Ti]([CH3])([CH3])(=[SiH2])[CH]1C(CC)=Cc2c(C)ccc(C)c21.Cl.Cl. The summed E-state index contributed by atoms with van der Waals surface area (Å²) in [6, 6.07) is 9.38. The van der Waals surface area contributed by atoms with E-state index in [-0.39, 0.29) is 24.8 Å². The number of benzene rings is 2. The molecule has 0 aromatic heterocycles. The molecule has 174 valence electrons. The normalized spacial score (nSPS) is 19.4. The van der Waals surface area contributed by atoms with Gasteiger partial charge in [0.25, 0.3) is 0 Å². The summed E-state index contributed by atoms with van der Waals surface area (Å²) in [6.45, 7) is 14.0. The molecule has 4 heteroatoms. The second-order valence-electron chi connectivity index (χ2n) is 11.0. The molecule has 4 rings (SSSR count). The van der Waals surface area contributed by atoms with Crippen LogP contribution in [-0.4, -0.2) is 7.63 Å². The number of fused-ring (bicyclic) bond motifs is 2. The van der Waals surface area contributed by atoms with Crippen LogP contribution >= 0.6 is 24.8 Å². The molecule has 2 aliphatic rings. The first kappa shape index (κ1) is 27.7. The quantitative estimate of drug-likeness (QED) is 0.353. The summed E-state index contributed by atoms with van der Waals surface area (Å²) in [5, 5.41) is 5.51. The van der Waals surface area contributed by atoms with Gasteiger partial charge in [-0.15, -0.1) is 24.8 Å². The van der Waals surface area contributed by atoms with Gasteiger partial charge < -0.3 is 0 Å². The van der Waals surface area contributed by atoms with E-state index in [4.69, 9.17) is 0 Å². The van der Waals surface area contributed by atoms with Crippen molar-refractivity contribution in [3.63, 3.8) is 0 Å². The third-order valence-electron chi connectivity index (χ3n) is 8.14. The molecule has 2 atom stereocenters. The van der Waals surface area contributed by atoms with Crippen LogP contribution in [0.2, 0.25) is 10.5 Å². The molecule has 0 spiro atoms. The van der Waals surface area contributed by atoms with Gasteiger partial charge >= 0.3 is 187 Å². The fraction of sp³-hybridized carbons (Fsp3) is 0.429. The second kappa shape index (κ2) is 9.23. The van der Waals surface area contributed by atoms with Gasteiger partial charge in [0.05, 0.1) is 0 Å². The number of hydrogen-bond acceptors (Lipinski definition) is 0. The monoisotopic (exact) mass is 522 g/mol. The predicted octanol–water partition coefficient (Wildman–Crippen LogP) is 8.49. The Kier molecular flexibility index (Phi) is 7.98. The standard InChI is InChI=1S/2C13H15.2CH3.2ClH.H2Si.Ti/c2*1-4-11-7-12-9(2)5-6-10(3)13(12)8-11;;;;;;/h2*5-8H,4H2,1-3H3;2*1H3;2*1H;1H2;. The summed E-state index contributed by atoms with van der Waals surface area (Å²) in [6.07, 6.45) is 7.46. The van der Waals surface area contributed by atoms with Crippen molar-refractivity contribution in [2.24, 2.45) is 0 Å². The first-order chi connectivity index (χ1) is 14.0. The van der Waals surface area contributed by atoms with Crippen LogP contribution in [0.5, 0.6) is 0 Å². The molecule has 0 radical (unpaired) electrons. The number of halogens is 2. The van der Waals surface area contributed by atoms with Crippen molar-refractivity contribution in [2.75, 3.05) is 0 Å². The van der Waals surface area contributed by atoms with Crippen molar-refractivity contribution in [1.29, 1.82) is 0 Å². The molecule has 0 nitrogen and oxygen atoms in total. The summed E-state index contributed by atoms with van der Waals surface area (Å²) in [5.74, 6) is 0. The zero-order valence-electron chi connectivity index (χ0n) is 21.1. The fourth-order valence-electron chi connectivity index (χ4n) is 6.71. The molecule has 2 aromatic rings. The van der Waals surface area contributed by atoms with E-state index in [9.17, 15) is 0 Å². The Morgan fingerprint density at radius 1 is 0.656 bits per heavy atom. The van der Waals surface area contributed by atoms with Crippen LogP contribution in [0.25, 0.3) is 12.2 Å². The van der Waals surface area contributed by atoms with Crippen molar-refractivity contribution in [3.05, 3.63) is 79.9 Å². The van der Waals surface area contributed by atoms with Crippen LogP contribution in [0.4, 0.5) is 0 Å². The first-order valence-corrected chi connectivity index (χ1v) is 20.6. The third kappa shape index (κ3) is 3.97. The molecule has 32 heavy (non-hydrogen) atoms. The molecule has 0 heterocycles. The number of hydrogen-bond donors (Lipinski definition) is 0. The van der Waals surface area contributed by atoms with Crippen molar-refractivity contribution >= 4 is 44.6 Å². The van der Waals surface area contributed by atoms with Gasteiger partial charge in [0.15, 0.2) is 0 Å². The van der Waals surface area contributed by atoms with E-state index < -0.39 is 14.0 Å². The second-order valence-corrected chi connectivity index (χ2v) is 31.2. The minimum atomic E-state index is -3.12. The molecule has 0 N–H and O–H groups in total. The van der Waals surface area contributed by atoms with Crippen molar-refractivity contribution < 1.29 is 14.0 Å². The van der Waals surface area contributed by atoms with Gasteiger partial charge in [-0.05, 0) is 0 Å². The van der Waals surface area contributed by atoms with Crippen LogP contribution in [0.1, 0.15) is 79.6 Å². The van der Waals surface area contributed by atoms with Crippen LogP contribution in [-0.2, 0) is 14.0 Å². The number of rotatable bonds is 4. The summed E-state index contributed by atoms with van der Waals surface area (Å²) in [7, 11) is 2.46. The van der Waals surface area contributed by atoms with Crippen LogP contribution in [0.15, 0.2) is 35.4 Å². The largest absolute Gasteiger partial charge is 0.147 e. The van der Waals surface area contributed by atoms with Crippen LogP contribution in [0, 0.1) is 27.7 Å². The van der Waals surface area contributed by atoms with Crippen LogP contribution < -0.4 is 0 Å². The molecular formula is C28H40Cl2SiTi. The minimum Gasteiger partial charge on any atom is -0.147 e. The third-order valence-corrected chi connectivity index (χ3v) is 19.5. The van der Waals surface area contributed by atoms with Gasteiger partial charge in [-0.25, -0.2) is 0 Å². The maximum atomic E-state index is 2.76. The van der Waals surface area contributed by atoms with Crippen molar-refractivity contribution in [1.82, 2.24) is 0 Å². The summed E-state index contributed by atoms with van der Waals surface area (Å²) >= 11 is -3.12. The molecule has 2 aromatic carbocycles. The summed E-state index contributed by atoms with van der Waals surface area (Å²) in [5.41, 5.74) is 15.6. The maximum Gasteiger partial charge on any atom is -0.147 e. The van der Waals surface area contributed by atoms with E-state index in [2.05, 4.69) is 96.0 Å². The van der Waals surface area contributed by atoms with Gasteiger partial charge in [0.1, 0.15) is 0 Å². The van der Waals surface area contributed by atoms with Gasteiger partial charge in [-0.3, -0.25) is 0 Å². The Bertz CT molecular complexity index is 1110. The Labute approximate surface area is 210 Å². The average molecular weight is 523 g/mol. The van der Waals surface area contributed by atoms with E-state index in [1.165, 1.54) is 33.4 Å². The van der Waals surface area contributed by atoms with Gasteiger partial charge in [0.2, 0.25) is 0 Å². The van der Waals surface area contributed by atoms with Crippen molar-refractivity contribution in [3.8, 4) is 0 Å². The molecular weight excluding hydrogens is 483 g/mol. The van der Waals surface area contributed by atoms with E-state index in [0.717, 1.165) is 12.8 Å². The Morgan fingerprint density at radius 2 is 0.969 bits per heavy atom. The summed E-state index contributed by atoms with van der Waals surface area (Å²) < 4.78 is 1.26.